The van der Waals surface area contributed by atoms with Crippen molar-refractivity contribution in [1.29, 1.82) is 0 Å². The van der Waals surface area contributed by atoms with E-state index in [9.17, 15) is 5.11 Å². The highest BCUT2D eigenvalue weighted by Gasteiger charge is 2.22. The second-order valence-electron chi connectivity index (χ2n) is 5.67. The first kappa shape index (κ1) is 15.1. The summed E-state index contributed by atoms with van der Waals surface area (Å²) in [4.78, 5) is 0. The molecule has 1 aromatic carbocycles. The van der Waals surface area contributed by atoms with Gasteiger partial charge in [-0.1, -0.05) is 19.8 Å². The molecule has 1 saturated carbocycles. The van der Waals surface area contributed by atoms with Crippen molar-refractivity contribution < 1.29 is 14.6 Å². The number of rotatable bonds is 6. The van der Waals surface area contributed by atoms with E-state index >= 15 is 0 Å². The zero-order valence-electron chi connectivity index (χ0n) is 12.1. The van der Waals surface area contributed by atoms with Crippen LogP contribution in [0.2, 0.25) is 0 Å². The summed E-state index contributed by atoms with van der Waals surface area (Å²) in [5.74, 6) is 1.30. The molecule has 0 radical (unpaired) electrons. The predicted octanol–water partition coefficient (Wildman–Crippen LogP) is 2.60. The number of nitrogens with two attached hydrogens (primary N) is 1. The van der Waals surface area contributed by atoms with Gasteiger partial charge >= 0.3 is 0 Å². The van der Waals surface area contributed by atoms with E-state index in [0.717, 1.165) is 6.42 Å². The van der Waals surface area contributed by atoms with E-state index < -0.39 is 6.10 Å². The molecule has 3 atom stereocenters. The van der Waals surface area contributed by atoms with E-state index in [4.69, 9.17) is 15.2 Å². The van der Waals surface area contributed by atoms with E-state index in [1.165, 1.54) is 19.3 Å². The SMILES string of the molecule is CC1CCCCC1OCC(O)COc1ccc(N)cc1. The molecule has 1 aliphatic carbocycles. The molecule has 0 aliphatic heterocycles. The lowest BCUT2D eigenvalue weighted by Gasteiger charge is -2.29. The molecule has 112 valence electrons. The van der Waals surface area contributed by atoms with Crippen molar-refractivity contribution in [3.63, 3.8) is 0 Å². The van der Waals surface area contributed by atoms with Crippen molar-refractivity contribution in [1.82, 2.24) is 0 Å². The largest absolute Gasteiger partial charge is 0.491 e. The van der Waals surface area contributed by atoms with Gasteiger partial charge in [-0.3, -0.25) is 0 Å². The molecule has 2 rings (SSSR count). The molecule has 0 heterocycles. The summed E-state index contributed by atoms with van der Waals surface area (Å²) in [6.45, 7) is 2.80. The molecule has 3 N–H and O–H groups in total. The average Bonchev–Trinajstić information content (AvgIpc) is 2.46. The van der Waals surface area contributed by atoms with Gasteiger partial charge < -0.3 is 20.3 Å². The maximum Gasteiger partial charge on any atom is 0.119 e. The number of ether oxygens (including phenoxy) is 2. The fraction of sp³-hybridized carbons (Fsp3) is 0.625. The summed E-state index contributed by atoms with van der Waals surface area (Å²) in [5, 5.41) is 9.91. The van der Waals surface area contributed by atoms with Crippen molar-refractivity contribution >= 4 is 5.69 Å². The Bertz CT molecular complexity index is 393. The van der Waals surface area contributed by atoms with Crippen LogP contribution in [0.15, 0.2) is 24.3 Å². The van der Waals surface area contributed by atoms with Crippen LogP contribution in [0.4, 0.5) is 5.69 Å². The summed E-state index contributed by atoms with van der Waals surface area (Å²) >= 11 is 0. The molecule has 0 bridgehead atoms. The highest BCUT2D eigenvalue weighted by molar-refractivity contribution is 5.41. The fourth-order valence-electron chi connectivity index (χ4n) is 2.57. The minimum atomic E-state index is -0.596. The third-order valence-corrected chi connectivity index (χ3v) is 3.86. The van der Waals surface area contributed by atoms with E-state index in [0.29, 0.717) is 24.0 Å². The topological polar surface area (TPSA) is 64.7 Å². The van der Waals surface area contributed by atoms with Crippen LogP contribution in [-0.4, -0.2) is 30.5 Å². The fourth-order valence-corrected chi connectivity index (χ4v) is 2.57. The average molecular weight is 279 g/mol. The first-order valence-corrected chi connectivity index (χ1v) is 7.43. The Balaban J connectivity index is 1.67. The molecule has 0 aromatic heterocycles. The predicted molar refractivity (Wildman–Crippen MR) is 79.7 cm³/mol. The van der Waals surface area contributed by atoms with Gasteiger partial charge in [0.05, 0.1) is 12.7 Å². The van der Waals surface area contributed by atoms with Crippen LogP contribution in [0, 0.1) is 5.92 Å². The molecule has 0 spiro atoms. The molecule has 3 unspecified atom stereocenters. The summed E-state index contributed by atoms with van der Waals surface area (Å²) in [6.07, 6.45) is 4.54. The van der Waals surface area contributed by atoms with Crippen LogP contribution in [0.1, 0.15) is 32.6 Å². The molecule has 20 heavy (non-hydrogen) atoms. The smallest absolute Gasteiger partial charge is 0.119 e. The van der Waals surface area contributed by atoms with E-state index in [-0.39, 0.29) is 12.7 Å². The third-order valence-electron chi connectivity index (χ3n) is 3.86. The number of benzene rings is 1. The molecule has 0 amide bonds. The number of aliphatic hydroxyl groups excluding tert-OH is 1. The normalized spacial score (nSPS) is 24.3. The lowest BCUT2D eigenvalue weighted by Crippen LogP contribution is -2.31. The molecular weight excluding hydrogens is 254 g/mol. The van der Waals surface area contributed by atoms with Gasteiger partial charge in [0.15, 0.2) is 0 Å². The molecular formula is C16H25NO3. The number of hydrogen-bond donors (Lipinski definition) is 2. The second-order valence-corrected chi connectivity index (χ2v) is 5.67. The zero-order valence-corrected chi connectivity index (χ0v) is 12.1. The van der Waals surface area contributed by atoms with Crippen molar-refractivity contribution in [2.45, 2.75) is 44.8 Å². The van der Waals surface area contributed by atoms with Crippen molar-refractivity contribution in [2.24, 2.45) is 5.92 Å². The molecule has 4 nitrogen and oxygen atoms in total. The molecule has 1 aliphatic rings. The van der Waals surface area contributed by atoms with Gasteiger partial charge in [0.2, 0.25) is 0 Å². The Hall–Kier alpha value is -1.26. The van der Waals surface area contributed by atoms with Gasteiger partial charge in [0, 0.05) is 5.69 Å². The zero-order chi connectivity index (χ0) is 14.4. The Morgan fingerprint density at radius 3 is 2.60 bits per heavy atom. The quantitative estimate of drug-likeness (QED) is 0.786. The highest BCUT2D eigenvalue weighted by atomic mass is 16.5. The van der Waals surface area contributed by atoms with Crippen molar-refractivity contribution in [2.75, 3.05) is 18.9 Å². The first-order chi connectivity index (χ1) is 9.65. The van der Waals surface area contributed by atoms with Crippen LogP contribution in [0.5, 0.6) is 5.75 Å². The van der Waals surface area contributed by atoms with Crippen molar-refractivity contribution in [3.8, 4) is 5.75 Å². The van der Waals surface area contributed by atoms with E-state index in [2.05, 4.69) is 6.92 Å². The monoisotopic (exact) mass is 279 g/mol. The lowest BCUT2D eigenvalue weighted by atomic mass is 9.88. The standard InChI is InChI=1S/C16H25NO3/c1-12-4-2-3-5-16(12)20-11-14(18)10-19-15-8-6-13(17)7-9-15/h6-9,12,14,16,18H,2-5,10-11,17H2,1H3. The van der Waals surface area contributed by atoms with E-state index in [1.54, 1.807) is 24.3 Å². The Morgan fingerprint density at radius 2 is 1.90 bits per heavy atom. The lowest BCUT2D eigenvalue weighted by molar-refractivity contribution is -0.0553. The van der Waals surface area contributed by atoms with Crippen LogP contribution in [-0.2, 0) is 4.74 Å². The van der Waals surface area contributed by atoms with Crippen LogP contribution in [0.25, 0.3) is 0 Å². The summed E-state index contributed by atoms with van der Waals surface area (Å²) in [7, 11) is 0. The Morgan fingerprint density at radius 1 is 1.20 bits per heavy atom. The maximum atomic E-state index is 9.91. The minimum absolute atomic E-state index is 0.241. The van der Waals surface area contributed by atoms with Crippen LogP contribution in [0.3, 0.4) is 0 Å². The van der Waals surface area contributed by atoms with Crippen LogP contribution < -0.4 is 10.5 Å². The Labute approximate surface area is 120 Å². The van der Waals surface area contributed by atoms with Crippen LogP contribution >= 0.6 is 0 Å². The van der Waals surface area contributed by atoms with Crippen molar-refractivity contribution in [3.05, 3.63) is 24.3 Å². The molecule has 4 heteroatoms. The van der Waals surface area contributed by atoms with E-state index in [1.807, 2.05) is 0 Å². The highest BCUT2D eigenvalue weighted by Crippen LogP contribution is 2.26. The first-order valence-electron chi connectivity index (χ1n) is 7.43. The second kappa shape index (κ2) is 7.50. The summed E-state index contributed by atoms with van der Waals surface area (Å²) in [6, 6.07) is 7.15. The van der Waals surface area contributed by atoms with Gasteiger partial charge in [-0.25, -0.2) is 0 Å². The minimum Gasteiger partial charge on any atom is -0.491 e. The van der Waals surface area contributed by atoms with Gasteiger partial charge in [-0.15, -0.1) is 0 Å². The molecule has 1 aromatic rings. The van der Waals surface area contributed by atoms with Gasteiger partial charge in [-0.05, 0) is 43.0 Å². The third kappa shape index (κ3) is 4.69. The summed E-state index contributed by atoms with van der Waals surface area (Å²) in [5.41, 5.74) is 6.30. The Kier molecular flexibility index (Phi) is 5.68. The van der Waals surface area contributed by atoms with Gasteiger partial charge in [0.25, 0.3) is 0 Å². The number of anilines is 1. The molecule has 0 saturated heterocycles. The summed E-state index contributed by atoms with van der Waals surface area (Å²) < 4.78 is 11.3. The molecule has 1 fully saturated rings. The maximum absolute atomic E-state index is 9.91. The number of nitrogen functional groups attached to an aromatic ring is 1. The van der Waals surface area contributed by atoms with Gasteiger partial charge in [-0.2, -0.15) is 0 Å². The van der Waals surface area contributed by atoms with Gasteiger partial charge in [0.1, 0.15) is 18.5 Å². The number of aliphatic hydroxyl groups is 1. The number of hydrogen-bond acceptors (Lipinski definition) is 4.